The summed E-state index contributed by atoms with van der Waals surface area (Å²) in [5.41, 5.74) is 2.30. The van der Waals surface area contributed by atoms with Crippen LogP contribution in [0.5, 0.6) is 0 Å². The van der Waals surface area contributed by atoms with Crippen molar-refractivity contribution in [3.8, 4) is 0 Å². The van der Waals surface area contributed by atoms with Gasteiger partial charge < -0.3 is 5.32 Å². The van der Waals surface area contributed by atoms with Crippen molar-refractivity contribution in [3.05, 3.63) is 65.0 Å². The molecule has 0 heterocycles. The van der Waals surface area contributed by atoms with Gasteiger partial charge in [0.15, 0.2) is 0 Å². The van der Waals surface area contributed by atoms with E-state index < -0.39 is 10.0 Å². The van der Waals surface area contributed by atoms with Crippen LogP contribution in [-0.4, -0.2) is 27.4 Å². The number of sulfonamides is 1. The summed E-state index contributed by atoms with van der Waals surface area (Å²) in [5, 5.41) is 2.70. The Kier molecular flexibility index (Phi) is 6.88. The SMILES string of the molecule is Cc1ccc(C)c(S(=O)(=O)NCCC(=O)NCCc2cccc(F)c2)c1. The minimum atomic E-state index is -3.65. The lowest BCUT2D eigenvalue weighted by molar-refractivity contribution is -0.120. The fourth-order valence-electron chi connectivity index (χ4n) is 2.50. The molecule has 2 N–H and O–H groups in total. The van der Waals surface area contributed by atoms with E-state index in [4.69, 9.17) is 0 Å². The summed E-state index contributed by atoms with van der Waals surface area (Å²) in [4.78, 5) is 12.0. The van der Waals surface area contributed by atoms with Gasteiger partial charge in [-0.3, -0.25) is 4.79 Å². The number of aryl methyl sites for hydroxylation is 2. The highest BCUT2D eigenvalue weighted by Crippen LogP contribution is 2.16. The van der Waals surface area contributed by atoms with Crippen molar-refractivity contribution in [2.24, 2.45) is 0 Å². The van der Waals surface area contributed by atoms with Gasteiger partial charge in [-0.05, 0) is 55.2 Å². The molecule has 0 fully saturated rings. The topological polar surface area (TPSA) is 75.3 Å². The molecule has 0 aliphatic rings. The lowest BCUT2D eigenvalue weighted by atomic mass is 10.1. The quantitative estimate of drug-likeness (QED) is 0.741. The molecule has 0 radical (unpaired) electrons. The maximum Gasteiger partial charge on any atom is 0.240 e. The highest BCUT2D eigenvalue weighted by molar-refractivity contribution is 7.89. The predicted octanol–water partition coefficient (Wildman–Crippen LogP) is 2.47. The van der Waals surface area contributed by atoms with Crippen molar-refractivity contribution in [1.29, 1.82) is 0 Å². The molecule has 0 bridgehead atoms. The van der Waals surface area contributed by atoms with Crippen LogP contribution in [0.1, 0.15) is 23.1 Å². The van der Waals surface area contributed by atoms with Crippen LogP contribution >= 0.6 is 0 Å². The molecule has 2 aromatic rings. The van der Waals surface area contributed by atoms with Gasteiger partial charge in [0.2, 0.25) is 15.9 Å². The number of hydrogen-bond acceptors (Lipinski definition) is 3. The molecule has 0 atom stereocenters. The third-order valence-corrected chi connectivity index (χ3v) is 5.51. The average molecular weight is 378 g/mol. The molecule has 0 aliphatic heterocycles. The van der Waals surface area contributed by atoms with E-state index in [0.717, 1.165) is 11.1 Å². The molecule has 7 heteroatoms. The van der Waals surface area contributed by atoms with Crippen molar-refractivity contribution in [1.82, 2.24) is 10.0 Å². The zero-order chi connectivity index (χ0) is 19.2. The van der Waals surface area contributed by atoms with Gasteiger partial charge in [-0.2, -0.15) is 0 Å². The van der Waals surface area contributed by atoms with Gasteiger partial charge in [-0.15, -0.1) is 0 Å². The molecule has 1 amide bonds. The second-order valence-electron chi connectivity index (χ2n) is 6.15. The lowest BCUT2D eigenvalue weighted by Crippen LogP contribution is -2.32. The first kappa shape index (κ1) is 20.1. The normalized spacial score (nSPS) is 11.3. The number of benzene rings is 2. The van der Waals surface area contributed by atoms with Crippen LogP contribution in [0.4, 0.5) is 4.39 Å². The third-order valence-electron chi connectivity index (χ3n) is 3.90. The minimum Gasteiger partial charge on any atom is -0.356 e. The van der Waals surface area contributed by atoms with E-state index >= 15 is 0 Å². The van der Waals surface area contributed by atoms with Gasteiger partial charge in [0, 0.05) is 19.5 Å². The second-order valence-corrected chi connectivity index (χ2v) is 7.88. The summed E-state index contributed by atoms with van der Waals surface area (Å²) >= 11 is 0. The molecular weight excluding hydrogens is 355 g/mol. The van der Waals surface area contributed by atoms with Crippen LogP contribution in [0.25, 0.3) is 0 Å². The van der Waals surface area contributed by atoms with E-state index in [0.29, 0.717) is 18.5 Å². The Labute approximate surface area is 153 Å². The van der Waals surface area contributed by atoms with Crippen LogP contribution in [0.15, 0.2) is 47.4 Å². The third kappa shape index (κ3) is 5.93. The number of hydrogen-bond donors (Lipinski definition) is 2. The number of rotatable bonds is 8. The summed E-state index contributed by atoms with van der Waals surface area (Å²) < 4.78 is 40.2. The van der Waals surface area contributed by atoms with Gasteiger partial charge in [0.05, 0.1) is 4.90 Å². The average Bonchev–Trinajstić information content (AvgIpc) is 2.57. The Bertz CT molecular complexity index is 882. The van der Waals surface area contributed by atoms with E-state index in [2.05, 4.69) is 10.0 Å². The Balaban J connectivity index is 1.78. The number of halogens is 1. The summed E-state index contributed by atoms with van der Waals surface area (Å²) in [6, 6.07) is 11.4. The fourth-order valence-corrected chi connectivity index (χ4v) is 3.86. The van der Waals surface area contributed by atoms with Crippen LogP contribution in [-0.2, 0) is 21.2 Å². The smallest absolute Gasteiger partial charge is 0.240 e. The van der Waals surface area contributed by atoms with Crippen molar-refractivity contribution in [3.63, 3.8) is 0 Å². The molecule has 0 saturated carbocycles. The summed E-state index contributed by atoms with van der Waals surface area (Å²) in [7, 11) is -3.65. The lowest BCUT2D eigenvalue weighted by Gasteiger charge is -2.10. The first-order valence-electron chi connectivity index (χ1n) is 8.36. The molecular formula is C19H23FN2O3S. The largest absolute Gasteiger partial charge is 0.356 e. The monoisotopic (exact) mass is 378 g/mol. The highest BCUT2D eigenvalue weighted by Gasteiger charge is 2.16. The molecule has 2 rings (SSSR count). The number of amides is 1. The minimum absolute atomic E-state index is 0.0154. The van der Waals surface area contributed by atoms with Crippen LogP contribution in [0.3, 0.4) is 0 Å². The molecule has 2 aromatic carbocycles. The molecule has 140 valence electrons. The Hall–Kier alpha value is -2.25. The van der Waals surface area contributed by atoms with Crippen LogP contribution in [0, 0.1) is 19.7 Å². The van der Waals surface area contributed by atoms with Crippen LogP contribution < -0.4 is 10.0 Å². The molecule has 26 heavy (non-hydrogen) atoms. The Morgan fingerprint density at radius 1 is 1.08 bits per heavy atom. The molecule has 0 aromatic heterocycles. The summed E-state index contributed by atoms with van der Waals surface area (Å²) in [6.07, 6.45) is 0.547. The van der Waals surface area contributed by atoms with E-state index in [1.54, 1.807) is 31.2 Å². The van der Waals surface area contributed by atoms with Gasteiger partial charge in [-0.1, -0.05) is 24.3 Å². The van der Waals surface area contributed by atoms with E-state index in [1.165, 1.54) is 12.1 Å². The highest BCUT2D eigenvalue weighted by atomic mass is 32.2. The fraction of sp³-hybridized carbons (Fsp3) is 0.316. The number of nitrogens with one attached hydrogen (secondary N) is 2. The number of carbonyl (C=O) groups excluding carboxylic acids is 1. The molecule has 0 aliphatic carbocycles. The molecule has 5 nitrogen and oxygen atoms in total. The van der Waals surface area contributed by atoms with E-state index in [9.17, 15) is 17.6 Å². The Morgan fingerprint density at radius 3 is 2.58 bits per heavy atom. The van der Waals surface area contributed by atoms with Gasteiger partial charge in [0.25, 0.3) is 0 Å². The predicted molar refractivity (Wildman–Crippen MR) is 98.8 cm³/mol. The van der Waals surface area contributed by atoms with Gasteiger partial charge >= 0.3 is 0 Å². The zero-order valence-electron chi connectivity index (χ0n) is 14.9. The van der Waals surface area contributed by atoms with Crippen molar-refractivity contribution in [2.75, 3.05) is 13.1 Å². The van der Waals surface area contributed by atoms with Crippen LogP contribution in [0.2, 0.25) is 0 Å². The zero-order valence-corrected chi connectivity index (χ0v) is 15.7. The van der Waals surface area contributed by atoms with Crippen molar-refractivity contribution in [2.45, 2.75) is 31.6 Å². The Morgan fingerprint density at radius 2 is 1.85 bits per heavy atom. The summed E-state index contributed by atoms with van der Waals surface area (Å²) in [6.45, 7) is 3.94. The maximum atomic E-state index is 13.1. The summed E-state index contributed by atoms with van der Waals surface area (Å²) in [5.74, 6) is -0.570. The van der Waals surface area contributed by atoms with E-state index in [-0.39, 0.29) is 29.6 Å². The standard InChI is InChI=1S/C19H23FN2O3S/c1-14-6-7-15(2)18(12-14)26(24,25)22-11-9-19(23)21-10-8-16-4-3-5-17(20)13-16/h3-7,12-13,22H,8-11H2,1-2H3,(H,21,23). The van der Waals surface area contributed by atoms with Crippen molar-refractivity contribution >= 4 is 15.9 Å². The molecule has 0 saturated heterocycles. The van der Waals surface area contributed by atoms with Gasteiger partial charge in [-0.25, -0.2) is 17.5 Å². The second kappa shape index (κ2) is 8.91. The molecule has 0 spiro atoms. The van der Waals surface area contributed by atoms with Gasteiger partial charge in [0.1, 0.15) is 5.82 Å². The van der Waals surface area contributed by atoms with E-state index in [1.807, 2.05) is 13.0 Å². The first-order valence-corrected chi connectivity index (χ1v) is 9.84. The van der Waals surface area contributed by atoms with Crippen molar-refractivity contribution < 1.29 is 17.6 Å². The maximum absolute atomic E-state index is 13.1. The first-order chi connectivity index (χ1) is 12.3. The molecule has 0 unspecified atom stereocenters. The number of carbonyl (C=O) groups is 1.